The molecule has 0 aromatic carbocycles. The van der Waals surface area contributed by atoms with E-state index in [-0.39, 0.29) is 71.8 Å². The van der Waals surface area contributed by atoms with Crippen molar-refractivity contribution in [2.24, 2.45) is 0 Å². The molecule has 0 amide bonds. The molecular weight excluding hydrogens is 350 g/mol. The summed E-state index contributed by atoms with van der Waals surface area (Å²) in [5.74, 6) is 0. The molecular formula is C10H33AlCl2MgO5Si. The number of halogens is 2. The van der Waals surface area contributed by atoms with Gasteiger partial charge in [0.05, 0.1) is 0 Å². The Kier molecular flexibility index (Phi) is 54.8. The zero-order valence-electron chi connectivity index (χ0n) is 11.9. The molecule has 10 heteroatoms. The molecule has 5 nitrogen and oxygen atoms in total. The second-order valence-corrected chi connectivity index (χ2v) is 4.70. The zero-order chi connectivity index (χ0) is 12.9. The Balaban J connectivity index is -0.0000000641. The second kappa shape index (κ2) is 29.0. The van der Waals surface area contributed by atoms with Crippen LogP contribution in [0.4, 0.5) is 0 Å². The summed E-state index contributed by atoms with van der Waals surface area (Å²) in [6, 6.07) is 0. The predicted molar refractivity (Wildman–Crippen MR) is 98.0 cm³/mol. The molecule has 1 N–H and O–H groups in total. The molecule has 0 bridgehead atoms. The fourth-order valence-electron chi connectivity index (χ4n) is 0.957. The SMILES string of the molecule is CCO.CCO[Si](OCC)(OCC)OCC.Cl.Cl.[AlH3].[MgH2]. The van der Waals surface area contributed by atoms with Gasteiger partial charge in [0.15, 0.2) is 17.4 Å². The van der Waals surface area contributed by atoms with Crippen molar-refractivity contribution >= 4 is 74.3 Å². The van der Waals surface area contributed by atoms with Crippen molar-refractivity contribution in [3.63, 3.8) is 0 Å². The molecule has 0 fully saturated rings. The minimum Gasteiger partial charge on any atom is -0.397 e. The van der Waals surface area contributed by atoms with Crippen LogP contribution in [0.1, 0.15) is 34.6 Å². The Labute approximate surface area is 164 Å². The topological polar surface area (TPSA) is 57.2 Å². The van der Waals surface area contributed by atoms with E-state index >= 15 is 0 Å². The minimum absolute atomic E-state index is 0. The van der Waals surface area contributed by atoms with Crippen LogP contribution >= 0.6 is 24.8 Å². The summed E-state index contributed by atoms with van der Waals surface area (Å²) in [6.07, 6.45) is 0. The molecule has 0 atom stereocenters. The van der Waals surface area contributed by atoms with Gasteiger partial charge in [-0.25, -0.2) is 0 Å². The average molecular weight is 384 g/mol. The van der Waals surface area contributed by atoms with E-state index in [9.17, 15) is 0 Å². The summed E-state index contributed by atoms with van der Waals surface area (Å²) in [4.78, 5) is 0. The van der Waals surface area contributed by atoms with Gasteiger partial charge in [-0.2, -0.15) is 0 Å². The summed E-state index contributed by atoms with van der Waals surface area (Å²) in [5.41, 5.74) is 0. The molecule has 0 aromatic heterocycles. The van der Waals surface area contributed by atoms with E-state index < -0.39 is 9.05 Å². The first-order valence-corrected chi connectivity index (χ1v) is 7.46. The summed E-state index contributed by atoms with van der Waals surface area (Å²) in [6.45, 7) is 11.7. The lowest BCUT2D eigenvalue weighted by Gasteiger charge is -2.26. The monoisotopic (exact) mass is 382 g/mol. The first-order chi connectivity index (χ1) is 7.66. The van der Waals surface area contributed by atoms with Crippen LogP contribution in [0.15, 0.2) is 0 Å². The van der Waals surface area contributed by atoms with Crippen molar-refractivity contribution in [3.8, 4) is 0 Å². The lowest BCUT2D eigenvalue weighted by atomic mass is 10.9. The molecule has 126 valence electrons. The summed E-state index contributed by atoms with van der Waals surface area (Å²) < 4.78 is 21.7. The molecule has 0 saturated carbocycles. The third-order valence-electron chi connectivity index (χ3n) is 1.28. The van der Waals surface area contributed by atoms with Crippen LogP contribution in [0, 0.1) is 0 Å². The van der Waals surface area contributed by atoms with Crippen LogP contribution < -0.4 is 0 Å². The zero-order valence-corrected chi connectivity index (χ0v) is 14.6. The van der Waals surface area contributed by atoms with Gasteiger partial charge in [-0.3, -0.25) is 0 Å². The molecule has 0 aliphatic carbocycles. The number of hydrogen-bond donors (Lipinski definition) is 1. The van der Waals surface area contributed by atoms with Crippen LogP contribution in [0.5, 0.6) is 0 Å². The normalized spacial score (nSPS) is 8.70. The molecule has 20 heavy (non-hydrogen) atoms. The van der Waals surface area contributed by atoms with Gasteiger partial charge in [-0.05, 0) is 34.6 Å². The van der Waals surface area contributed by atoms with E-state index in [4.69, 9.17) is 22.8 Å². The van der Waals surface area contributed by atoms with E-state index in [0.717, 1.165) is 0 Å². The third-order valence-corrected chi connectivity index (χ3v) is 3.85. The molecule has 0 aromatic rings. The molecule has 0 radical (unpaired) electrons. The third kappa shape index (κ3) is 22.2. The highest BCUT2D eigenvalue weighted by Crippen LogP contribution is 2.11. The Morgan fingerprint density at radius 1 is 0.700 bits per heavy atom. The predicted octanol–water partition coefficient (Wildman–Crippen LogP) is 0.310. The molecule has 0 saturated heterocycles. The Morgan fingerprint density at radius 3 is 0.950 bits per heavy atom. The maximum Gasteiger partial charge on any atom is 0.679 e. The highest BCUT2D eigenvalue weighted by atomic mass is 35.5. The summed E-state index contributed by atoms with van der Waals surface area (Å²) >= 11 is 0. The van der Waals surface area contributed by atoms with Gasteiger partial charge >= 0.3 is 32.1 Å². The molecule has 0 unspecified atom stereocenters. The first-order valence-electron chi connectivity index (χ1n) is 5.82. The maximum atomic E-state index is 7.57. The lowest BCUT2D eigenvalue weighted by Crippen LogP contribution is -2.49. The molecule has 0 aliphatic heterocycles. The summed E-state index contributed by atoms with van der Waals surface area (Å²) in [5, 5.41) is 7.57. The fourth-order valence-corrected chi connectivity index (χ4v) is 2.87. The number of hydrogen-bond acceptors (Lipinski definition) is 5. The Morgan fingerprint density at radius 2 is 0.850 bits per heavy atom. The average Bonchev–Trinajstić information content (AvgIpc) is 2.20. The van der Waals surface area contributed by atoms with E-state index in [1.54, 1.807) is 6.92 Å². The number of aliphatic hydroxyl groups is 1. The van der Waals surface area contributed by atoms with Crippen molar-refractivity contribution in [1.29, 1.82) is 0 Å². The van der Waals surface area contributed by atoms with Gasteiger partial charge < -0.3 is 22.8 Å². The van der Waals surface area contributed by atoms with Crippen LogP contribution in [0.2, 0.25) is 0 Å². The summed E-state index contributed by atoms with van der Waals surface area (Å²) in [7, 11) is -2.80. The van der Waals surface area contributed by atoms with Gasteiger partial charge in [0.2, 0.25) is 0 Å². The van der Waals surface area contributed by atoms with Crippen molar-refractivity contribution in [2.75, 3.05) is 33.0 Å². The lowest BCUT2D eigenvalue weighted by molar-refractivity contribution is -0.0247. The molecule has 0 rings (SSSR count). The highest BCUT2D eigenvalue weighted by Gasteiger charge is 2.44. The van der Waals surface area contributed by atoms with E-state index in [1.165, 1.54) is 0 Å². The quantitative estimate of drug-likeness (QED) is 0.612. The standard InChI is InChI=1S/C8H20O4Si.C2H6O.Al.2ClH.Mg.5H/c1-5-9-13(10-6-2,11-7-3)12-8-4;1-2-3;;;;;;;;;/h5-8H2,1-4H3;3H,2H2,1H3;;2*1H;;;;;;. The molecule has 0 heterocycles. The van der Waals surface area contributed by atoms with Crippen LogP contribution in [-0.4, -0.2) is 87.6 Å². The molecule has 0 spiro atoms. The highest BCUT2D eigenvalue weighted by molar-refractivity contribution is 6.53. The van der Waals surface area contributed by atoms with Gasteiger partial charge in [0.1, 0.15) is 0 Å². The van der Waals surface area contributed by atoms with Gasteiger partial charge in [-0.15, -0.1) is 24.8 Å². The van der Waals surface area contributed by atoms with Gasteiger partial charge in [0.25, 0.3) is 0 Å². The first kappa shape index (κ1) is 37.8. The smallest absolute Gasteiger partial charge is 0.397 e. The van der Waals surface area contributed by atoms with Crippen LogP contribution in [0.25, 0.3) is 0 Å². The van der Waals surface area contributed by atoms with Gasteiger partial charge in [0, 0.05) is 33.0 Å². The number of aliphatic hydroxyl groups excluding tert-OH is 1. The maximum absolute atomic E-state index is 7.57. The van der Waals surface area contributed by atoms with Crippen molar-refractivity contribution in [2.45, 2.75) is 34.6 Å². The number of rotatable bonds is 8. The largest absolute Gasteiger partial charge is 0.679 e. The van der Waals surface area contributed by atoms with Crippen LogP contribution in [-0.2, 0) is 17.7 Å². The van der Waals surface area contributed by atoms with Crippen molar-refractivity contribution in [3.05, 3.63) is 0 Å². The fraction of sp³-hybridized carbons (Fsp3) is 1.00. The molecule has 0 aliphatic rings. The van der Waals surface area contributed by atoms with E-state index in [1.807, 2.05) is 27.7 Å². The minimum atomic E-state index is -2.80. The van der Waals surface area contributed by atoms with Crippen molar-refractivity contribution in [1.82, 2.24) is 0 Å². The van der Waals surface area contributed by atoms with Crippen LogP contribution in [0.3, 0.4) is 0 Å². The van der Waals surface area contributed by atoms with Gasteiger partial charge in [-0.1, -0.05) is 0 Å². The Hall–Kier alpha value is 1.90. The second-order valence-electron chi connectivity index (χ2n) is 2.55. The van der Waals surface area contributed by atoms with E-state index in [2.05, 4.69) is 0 Å². The van der Waals surface area contributed by atoms with E-state index in [0.29, 0.717) is 26.4 Å². The van der Waals surface area contributed by atoms with Crippen molar-refractivity contribution < 1.29 is 22.8 Å². The Bertz CT molecular complexity index is 125.